The second-order valence-electron chi connectivity index (χ2n) is 4.99. The quantitative estimate of drug-likeness (QED) is 0.845. The van der Waals surface area contributed by atoms with Crippen LogP contribution in [-0.4, -0.2) is 27.4 Å². The number of rotatable bonds is 6. The Morgan fingerprint density at radius 2 is 1.83 bits per heavy atom. The molecule has 1 aromatic rings. The van der Waals surface area contributed by atoms with Gasteiger partial charge in [-0.2, -0.15) is 0 Å². The molecule has 3 nitrogen and oxygen atoms in total. The molecule has 0 radical (unpaired) electrons. The number of methoxy groups -OCH3 is 2. The van der Waals surface area contributed by atoms with Crippen LogP contribution in [-0.2, 0) is 4.74 Å². The summed E-state index contributed by atoms with van der Waals surface area (Å²) in [6.45, 7) is 7.69. The molecule has 0 saturated carbocycles. The number of nitrogens with two attached hydrogens (primary N) is 1. The van der Waals surface area contributed by atoms with E-state index in [9.17, 15) is 0 Å². The van der Waals surface area contributed by atoms with Gasteiger partial charge in [0, 0.05) is 19.6 Å². The van der Waals surface area contributed by atoms with Gasteiger partial charge in [0.05, 0.1) is 13.7 Å². The Balaban J connectivity index is 3.23. The zero-order valence-corrected chi connectivity index (χ0v) is 12.1. The highest BCUT2D eigenvalue weighted by Crippen LogP contribution is 2.32. The summed E-state index contributed by atoms with van der Waals surface area (Å²) in [7, 11) is 3.43. The van der Waals surface area contributed by atoms with E-state index in [1.165, 1.54) is 16.7 Å². The first kappa shape index (κ1) is 15.0. The maximum absolute atomic E-state index is 5.85. The molecule has 1 rings (SSSR count). The summed E-state index contributed by atoms with van der Waals surface area (Å²) in [5.41, 5.74) is 9.55. The maximum Gasteiger partial charge on any atom is 0.122 e. The van der Waals surface area contributed by atoms with Gasteiger partial charge >= 0.3 is 0 Å². The minimum atomic E-state index is 0.249. The fraction of sp³-hybridized carbons (Fsp3) is 0.600. The van der Waals surface area contributed by atoms with Crippen molar-refractivity contribution in [2.75, 3.05) is 27.4 Å². The van der Waals surface area contributed by atoms with Crippen molar-refractivity contribution in [3.8, 4) is 5.75 Å². The lowest BCUT2D eigenvalue weighted by atomic mass is 9.90. The average Bonchev–Trinajstić information content (AvgIpc) is 2.35. The largest absolute Gasteiger partial charge is 0.496 e. The van der Waals surface area contributed by atoms with Crippen molar-refractivity contribution < 1.29 is 9.47 Å². The number of ether oxygens (including phenoxy) is 2. The van der Waals surface area contributed by atoms with Crippen LogP contribution < -0.4 is 10.5 Å². The van der Waals surface area contributed by atoms with Crippen molar-refractivity contribution in [3.05, 3.63) is 28.8 Å². The highest BCUT2D eigenvalue weighted by Gasteiger charge is 2.17. The van der Waals surface area contributed by atoms with Crippen LogP contribution in [0.25, 0.3) is 0 Å². The summed E-state index contributed by atoms with van der Waals surface area (Å²) in [6, 6.07) is 4.32. The first-order chi connectivity index (χ1) is 8.54. The van der Waals surface area contributed by atoms with Crippen LogP contribution in [0.4, 0.5) is 0 Å². The van der Waals surface area contributed by atoms with Crippen LogP contribution in [0.1, 0.15) is 42.4 Å². The summed E-state index contributed by atoms with van der Waals surface area (Å²) in [5.74, 6) is 1.64. The standard InChI is InChI=1S/C15H25NO2/c1-10(2)13-7-14(12(8-16)9-17-4)11(3)6-15(13)18-5/h6-7,10,12H,8-9,16H2,1-5H3. The summed E-state index contributed by atoms with van der Waals surface area (Å²) in [4.78, 5) is 0. The summed E-state index contributed by atoms with van der Waals surface area (Å²) in [5, 5.41) is 0. The Kier molecular flexibility index (Phi) is 5.63. The first-order valence-electron chi connectivity index (χ1n) is 6.42. The van der Waals surface area contributed by atoms with Crippen LogP contribution >= 0.6 is 0 Å². The van der Waals surface area contributed by atoms with E-state index >= 15 is 0 Å². The summed E-state index contributed by atoms with van der Waals surface area (Å²) < 4.78 is 10.7. The topological polar surface area (TPSA) is 44.5 Å². The van der Waals surface area contributed by atoms with Gasteiger partial charge in [-0.15, -0.1) is 0 Å². The molecular formula is C15H25NO2. The van der Waals surface area contributed by atoms with Gasteiger partial charge in [0.1, 0.15) is 5.75 Å². The molecule has 1 aromatic carbocycles. The summed E-state index contributed by atoms with van der Waals surface area (Å²) in [6.07, 6.45) is 0. The van der Waals surface area contributed by atoms with Crippen molar-refractivity contribution in [2.24, 2.45) is 5.73 Å². The predicted molar refractivity (Wildman–Crippen MR) is 75.5 cm³/mol. The molecular weight excluding hydrogens is 226 g/mol. The monoisotopic (exact) mass is 251 g/mol. The Morgan fingerprint density at radius 1 is 1.17 bits per heavy atom. The van der Waals surface area contributed by atoms with Crippen LogP contribution in [0.15, 0.2) is 12.1 Å². The van der Waals surface area contributed by atoms with Crippen LogP contribution in [0, 0.1) is 6.92 Å². The average molecular weight is 251 g/mol. The van der Waals surface area contributed by atoms with Gasteiger partial charge in [0.2, 0.25) is 0 Å². The Labute approximate surface area is 110 Å². The summed E-state index contributed by atoms with van der Waals surface area (Å²) >= 11 is 0. The van der Waals surface area contributed by atoms with Gasteiger partial charge in [0.15, 0.2) is 0 Å². The van der Waals surface area contributed by atoms with E-state index in [1.807, 2.05) is 0 Å². The molecule has 0 amide bonds. The second-order valence-corrected chi connectivity index (χ2v) is 4.99. The van der Waals surface area contributed by atoms with Crippen LogP contribution in [0.2, 0.25) is 0 Å². The normalized spacial score (nSPS) is 12.8. The van der Waals surface area contributed by atoms with Gasteiger partial charge in [-0.05, 0) is 35.6 Å². The van der Waals surface area contributed by atoms with Crippen molar-refractivity contribution in [2.45, 2.75) is 32.6 Å². The van der Waals surface area contributed by atoms with E-state index in [0.717, 1.165) is 5.75 Å². The van der Waals surface area contributed by atoms with E-state index in [2.05, 4.69) is 32.9 Å². The van der Waals surface area contributed by atoms with E-state index in [1.54, 1.807) is 14.2 Å². The highest BCUT2D eigenvalue weighted by atomic mass is 16.5. The minimum absolute atomic E-state index is 0.249. The van der Waals surface area contributed by atoms with E-state index in [4.69, 9.17) is 15.2 Å². The van der Waals surface area contributed by atoms with Crippen molar-refractivity contribution >= 4 is 0 Å². The Morgan fingerprint density at radius 3 is 2.28 bits per heavy atom. The van der Waals surface area contributed by atoms with Crippen molar-refractivity contribution in [1.29, 1.82) is 0 Å². The molecule has 0 aliphatic rings. The number of hydrogen-bond acceptors (Lipinski definition) is 3. The number of hydrogen-bond donors (Lipinski definition) is 1. The molecule has 0 saturated heterocycles. The molecule has 0 spiro atoms. The highest BCUT2D eigenvalue weighted by molar-refractivity contribution is 5.45. The molecule has 3 heteroatoms. The molecule has 0 aliphatic heterocycles. The van der Waals surface area contributed by atoms with Gasteiger partial charge in [-0.3, -0.25) is 0 Å². The molecule has 0 aliphatic carbocycles. The number of benzene rings is 1. The van der Waals surface area contributed by atoms with Gasteiger partial charge in [-0.25, -0.2) is 0 Å². The fourth-order valence-corrected chi connectivity index (χ4v) is 2.27. The van der Waals surface area contributed by atoms with Gasteiger partial charge in [0.25, 0.3) is 0 Å². The molecule has 0 bridgehead atoms. The molecule has 1 atom stereocenters. The van der Waals surface area contributed by atoms with Crippen LogP contribution in [0.5, 0.6) is 5.75 Å². The molecule has 102 valence electrons. The van der Waals surface area contributed by atoms with Crippen LogP contribution in [0.3, 0.4) is 0 Å². The maximum atomic E-state index is 5.85. The fourth-order valence-electron chi connectivity index (χ4n) is 2.27. The van der Waals surface area contributed by atoms with E-state index in [0.29, 0.717) is 19.1 Å². The molecule has 18 heavy (non-hydrogen) atoms. The van der Waals surface area contributed by atoms with E-state index in [-0.39, 0.29) is 5.92 Å². The molecule has 0 heterocycles. The lowest BCUT2D eigenvalue weighted by Gasteiger charge is -2.21. The first-order valence-corrected chi connectivity index (χ1v) is 6.42. The number of aryl methyl sites for hydroxylation is 1. The van der Waals surface area contributed by atoms with Gasteiger partial charge in [-0.1, -0.05) is 19.9 Å². The second kappa shape index (κ2) is 6.76. The third-order valence-corrected chi connectivity index (χ3v) is 3.33. The molecule has 0 aromatic heterocycles. The van der Waals surface area contributed by atoms with Crippen molar-refractivity contribution in [3.63, 3.8) is 0 Å². The Hall–Kier alpha value is -1.06. The lowest BCUT2D eigenvalue weighted by Crippen LogP contribution is -2.18. The predicted octanol–water partition coefficient (Wildman–Crippen LogP) is 2.82. The zero-order valence-electron chi connectivity index (χ0n) is 12.1. The molecule has 1 unspecified atom stereocenters. The third-order valence-electron chi connectivity index (χ3n) is 3.33. The minimum Gasteiger partial charge on any atom is -0.496 e. The molecule has 2 N–H and O–H groups in total. The smallest absolute Gasteiger partial charge is 0.122 e. The van der Waals surface area contributed by atoms with E-state index < -0.39 is 0 Å². The van der Waals surface area contributed by atoms with Crippen molar-refractivity contribution in [1.82, 2.24) is 0 Å². The molecule has 0 fully saturated rings. The zero-order chi connectivity index (χ0) is 13.7. The lowest BCUT2D eigenvalue weighted by molar-refractivity contribution is 0.181. The SMILES string of the molecule is COCC(CN)c1cc(C(C)C)c(OC)cc1C. The third kappa shape index (κ3) is 3.24. The van der Waals surface area contributed by atoms with Gasteiger partial charge < -0.3 is 15.2 Å². The Bertz CT molecular complexity index is 388.